The fraction of sp³-hybridized carbons (Fsp3) is 0.609. The number of esters is 1. The Labute approximate surface area is 163 Å². The van der Waals surface area contributed by atoms with Crippen molar-refractivity contribution in [3.05, 3.63) is 41.1 Å². The third kappa shape index (κ3) is 3.99. The average Bonchev–Trinajstić information content (AvgIpc) is 2.97. The van der Waals surface area contributed by atoms with E-state index in [-0.39, 0.29) is 17.9 Å². The lowest BCUT2D eigenvalue weighted by Crippen LogP contribution is -2.34. The Morgan fingerprint density at radius 2 is 1.89 bits per heavy atom. The molecule has 0 aromatic heterocycles. The number of hydrogen-bond acceptors (Lipinski definition) is 4. The standard InChI is InChI=1S/C23H33NO3/c1-15(2)10-11-19-21(23(25)26-5)18-14-27-20-9-7-6-8-17(20)22(18)24(19)13-12-16(3)4/h6-9,15-16,18,22H,10-14H2,1-5H3/t18-,22-/m0/s1. The van der Waals surface area contributed by atoms with Gasteiger partial charge in [-0.05, 0) is 37.2 Å². The number of rotatable bonds is 7. The highest BCUT2D eigenvalue weighted by atomic mass is 16.5. The summed E-state index contributed by atoms with van der Waals surface area (Å²) in [6, 6.07) is 8.44. The molecule has 27 heavy (non-hydrogen) atoms. The molecule has 4 heteroatoms. The number of ether oxygens (including phenoxy) is 2. The average molecular weight is 372 g/mol. The summed E-state index contributed by atoms with van der Waals surface area (Å²) in [5.74, 6) is 2.00. The summed E-state index contributed by atoms with van der Waals surface area (Å²) in [6.45, 7) is 10.5. The number of allylic oxidation sites excluding steroid dienone is 1. The Bertz CT molecular complexity index is 707. The molecule has 1 aromatic carbocycles. The van der Waals surface area contributed by atoms with Crippen LogP contribution in [0.2, 0.25) is 0 Å². The van der Waals surface area contributed by atoms with Crippen LogP contribution < -0.4 is 4.74 Å². The van der Waals surface area contributed by atoms with Gasteiger partial charge in [0.05, 0.1) is 31.2 Å². The Balaban J connectivity index is 2.04. The maximum Gasteiger partial charge on any atom is 0.336 e. The quantitative estimate of drug-likeness (QED) is 0.635. The van der Waals surface area contributed by atoms with Gasteiger partial charge in [-0.2, -0.15) is 0 Å². The van der Waals surface area contributed by atoms with Crippen LogP contribution in [0.5, 0.6) is 5.75 Å². The molecule has 0 spiro atoms. The maximum atomic E-state index is 12.8. The van der Waals surface area contributed by atoms with Gasteiger partial charge in [0.25, 0.3) is 0 Å². The van der Waals surface area contributed by atoms with E-state index in [1.807, 2.05) is 12.1 Å². The molecule has 0 unspecified atom stereocenters. The number of carbonyl (C=O) groups is 1. The number of methoxy groups -OCH3 is 1. The third-order valence-electron chi connectivity index (χ3n) is 5.71. The number of benzene rings is 1. The fourth-order valence-corrected chi connectivity index (χ4v) is 4.26. The lowest BCUT2D eigenvalue weighted by Gasteiger charge is -2.37. The first-order chi connectivity index (χ1) is 12.9. The summed E-state index contributed by atoms with van der Waals surface area (Å²) in [4.78, 5) is 15.2. The van der Waals surface area contributed by atoms with E-state index in [2.05, 4.69) is 44.7 Å². The Hall–Kier alpha value is -1.97. The third-order valence-corrected chi connectivity index (χ3v) is 5.71. The van der Waals surface area contributed by atoms with Crippen molar-refractivity contribution in [3.8, 4) is 5.75 Å². The number of nitrogens with zero attached hydrogens (tertiary/aromatic N) is 1. The highest BCUT2D eigenvalue weighted by molar-refractivity contribution is 5.91. The SMILES string of the molecule is COC(=O)C1=C(CCC(C)C)N(CCC(C)C)[C@H]2c3ccccc3OC[C@@H]12. The molecule has 0 radical (unpaired) electrons. The molecule has 2 aliphatic rings. The molecule has 0 aliphatic carbocycles. The summed E-state index contributed by atoms with van der Waals surface area (Å²) >= 11 is 0. The first kappa shape index (κ1) is 19.8. The number of para-hydroxylation sites is 1. The predicted octanol–water partition coefficient (Wildman–Crippen LogP) is 4.96. The molecule has 0 bridgehead atoms. The normalized spacial score (nSPS) is 21.4. The molecular formula is C23H33NO3. The predicted molar refractivity (Wildman–Crippen MR) is 107 cm³/mol. The molecule has 4 nitrogen and oxygen atoms in total. The number of fused-ring (bicyclic) bond motifs is 3. The van der Waals surface area contributed by atoms with E-state index in [1.54, 1.807) is 0 Å². The molecule has 148 valence electrons. The van der Waals surface area contributed by atoms with E-state index in [9.17, 15) is 4.79 Å². The van der Waals surface area contributed by atoms with Gasteiger partial charge in [-0.15, -0.1) is 0 Å². The monoisotopic (exact) mass is 371 g/mol. The minimum atomic E-state index is -0.196. The number of carbonyl (C=O) groups excluding carboxylic acids is 1. The van der Waals surface area contributed by atoms with Gasteiger partial charge in [-0.1, -0.05) is 45.9 Å². The summed E-state index contributed by atoms with van der Waals surface area (Å²) in [5, 5.41) is 0. The van der Waals surface area contributed by atoms with E-state index in [0.717, 1.165) is 37.1 Å². The van der Waals surface area contributed by atoms with Crippen molar-refractivity contribution >= 4 is 5.97 Å². The highest BCUT2D eigenvalue weighted by Gasteiger charge is 2.47. The molecule has 2 aliphatic heterocycles. The molecule has 2 atom stereocenters. The van der Waals surface area contributed by atoms with Crippen LogP contribution in [0, 0.1) is 17.8 Å². The van der Waals surface area contributed by atoms with Gasteiger partial charge < -0.3 is 14.4 Å². The zero-order valence-corrected chi connectivity index (χ0v) is 17.3. The van der Waals surface area contributed by atoms with Crippen LogP contribution in [0.25, 0.3) is 0 Å². The molecule has 0 amide bonds. The molecule has 0 saturated carbocycles. The van der Waals surface area contributed by atoms with Crippen LogP contribution in [0.3, 0.4) is 0 Å². The zero-order chi connectivity index (χ0) is 19.6. The van der Waals surface area contributed by atoms with E-state index in [4.69, 9.17) is 9.47 Å². The molecule has 0 saturated heterocycles. The second kappa shape index (κ2) is 8.37. The van der Waals surface area contributed by atoms with Gasteiger partial charge in [0, 0.05) is 17.8 Å². The lowest BCUT2D eigenvalue weighted by molar-refractivity contribution is -0.136. The van der Waals surface area contributed by atoms with Crippen molar-refractivity contribution in [3.63, 3.8) is 0 Å². The van der Waals surface area contributed by atoms with E-state index in [1.165, 1.54) is 18.4 Å². The Morgan fingerprint density at radius 1 is 1.19 bits per heavy atom. The number of hydrogen-bond donors (Lipinski definition) is 0. The molecule has 1 aromatic rings. The fourth-order valence-electron chi connectivity index (χ4n) is 4.26. The highest BCUT2D eigenvalue weighted by Crippen LogP contribution is 2.50. The van der Waals surface area contributed by atoms with Crippen LogP contribution in [-0.4, -0.2) is 31.1 Å². The van der Waals surface area contributed by atoms with Crippen molar-refractivity contribution < 1.29 is 14.3 Å². The molecule has 0 N–H and O–H groups in total. The van der Waals surface area contributed by atoms with Crippen molar-refractivity contribution in [1.82, 2.24) is 4.90 Å². The first-order valence-electron chi connectivity index (χ1n) is 10.2. The summed E-state index contributed by atoms with van der Waals surface area (Å²) < 4.78 is 11.2. The molecule has 3 rings (SSSR count). The van der Waals surface area contributed by atoms with E-state index < -0.39 is 0 Å². The molecule has 2 heterocycles. The Morgan fingerprint density at radius 3 is 2.56 bits per heavy atom. The van der Waals surface area contributed by atoms with Gasteiger partial charge in [-0.3, -0.25) is 0 Å². The summed E-state index contributed by atoms with van der Waals surface area (Å²) in [6.07, 6.45) is 3.08. The largest absolute Gasteiger partial charge is 0.492 e. The van der Waals surface area contributed by atoms with Gasteiger partial charge >= 0.3 is 5.97 Å². The Kier molecular flexibility index (Phi) is 6.13. The lowest BCUT2D eigenvalue weighted by atomic mass is 9.87. The van der Waals surface area contributed by atoms with Crippen LogP contribution in [0.15, 0.2) is 35.5 Å². The van der Waals surface area contributed by atoms with Crippen molar-refractivity contribution in [2.45, 2.75) is 53.0 Å². The zero-order valence-electron chi connectivity index (χ0n) is 17.3. The second-order valence-corrected chi connectivity index (χ2v) is 8.56. The molecular weight excluding hydrogens is 338 g/mol. The van der Waals surface area contributed by atoms with Crippen LogP contribution >= 0.6 is 0 Å². The van der Waals surface area contributed by atoms with Gasteiger partial charge in [0.2, 0.25) is 0 Å². The van der Waals surface area contributed by atoms with Crippen molar-refractivity contribution in [1.29, 1.82) is 0 Å². The van der Waals surface area contributed by atoms with E-state index >= 15 is 0 Å². The van der Waals surface area contributed by atoms with Gasteiger partial charge in [0.15, 0.2) is 0 Å². The summed E-state index contributed by atoms with van der Waals surface area (Å²) in [7, 11) is 1.48. The topological polar surface area (TPSA) is 38.8 Å². The summed E-state index contributed by atoms with van der Waals surface area (Å²) in [5.41, 5.74) is 3.20. The minimum Gasteiger partial charge on any atom is -0.492 e. The van der Waals surface area contributed by atoms with Crippen LogP contribution in [0.4, 0.5) is 0 Å². The van der Waals surface area contributed by atoms with Crippen molar-refractivity contribution in [2.75, 3.05) is 20.3 Å². The van der Waals surface area contributed by atoms with Gasteiger partial charge in [-0.25, -0.2) is 4.79 Å². The minimum absolute atomic E-state index is 0.0432. The smallest absolute Gasteiger partial charge is 0.336 e. The molecule has 0 fully saturated rings. The van der Waals surface area contributed by atoms with Gasteiger partial charge in [0.1, 0.15) is 5.75 Å². The first-order valence-corrected chi connectivity index (χ1v) is 10.2. The van der Waals surface area contributed by atoms with Crippen molar-refractivity contribution in [2.24, 2.45) is 17.8 Å². The van der Waals surface area contributed by atoms with Crippen LogP contribution in [-0.2, 0) is 9.53 Å². The second-order valence-electron chi connectivity index (χ2n) is 8.56. The van der Waals surface area contributed by atoms with Crippen LogP contribution in [0.1, 0.15) is 58.6 Å². The van der Waals surface area contributed by atoms with E-state index in [0.29, 0.717) is 18.4 Å². The maximum absolute atomic E-state index is 12.8.